The predicted molar refractivity (Wildman–Crippen MR) is 64.0 cm³/mol. The van der Waals surface area contributed by atoms with Crippen molar-refractivity contribution in [2.75, 3.05) is 5.32 Å². The summed E-state index contributed by atoms with van der Waals surface area (Å²) in [5.41, 5.74) is -0.464. The minimum Gasteiger partial charge on any atom is -0.373 e. The number of halogens is 2. The second-order valence-electron chi connectivity index (χ2n) is 4.42. The average molecular weight is 252 g/mol. The number of carbonyl (C=O) groups is 1. The zero-order valence-electron chi connectivity index (χ0n) is 10.2. The number of anilines is 1. The van der Waals surface area contributed by atoms with Crippen LogP contribution < -0.4 is 5.32 Å². The summed E-state index contributed by atoms with van der Waals surface area (Å²) >= 11 is 0. The fourth-order valence-corrected chi connectivity index (χ4v) is 1.60. The largest absolute Gasteiger partial charge is 0.373 e. The summed E-state index contributed by atoms with van der Waals surface area (Å²) in [5.74, 6) is -2.08. The van der Waals surface area contributed by atoms with Crippen molar-refractivity contribution >= 4 is 12.0 Å². The SMILES string of the molecule is CC(C)C[C@H](C=O)Nc1ccc(C#N)c(F)c1F. The maximum Gasteiger partial charge on any atom is 0.183 e. The molecule has 1 atom stereocenters. The number of nitrogens with zero attached hydrogens (tertiary/aromatic N) is 1. The summed E-state index contributed by atoms with van der Waals surface area (Å²) in [6, 6.07) is 3.41. The number of nitriles is 1. The Morgan fingerprint density at radius 2 is 2.06 bits per heavy atom. The van der Waals surface area contributed by atoms with E-state index in [1.54, 1.807) is 6.07 Å². The van der Waals surface area contributed by atoms with E-state index in [0.29, 0.717) is 12.7 Å². The van der Waals surface area contributed by atoms with Crippen LogP contribution >= 0.6 is 0 Å². The first-order chi connectivity index (χ1) is 8.49. The van der Waals surface area contributed by atoms with Gasteiger partial charge in [-0.15, -0.1) is 0 Å². The highest BCUT2D eigenvalue weighted by molar-refractivity contribution is 5.65. The predicted octanol–water partition coefficient (Wildman–Crippen LogP) is 2.86. The van der Waals surface area contributed by atoms with Gasteiger partial charge in [-0.2, -0.15) is 5.26 Å². The molecule has 0 spiro atoms. The quantitative estimate of drug-likeness (QED) is 0.820. The van der Waals surface area contributed by atoms with Crippen molar-refractivity contribution in [1.82, 2.24) is 0 Å². The first-order valence-corrected chi connectivity index (χ1v) is 5.59. The molecule has 0 amide bonds. The van der Waals surface area contributed by atoms with Gasteiger partial charge in [-0.3, -0.25) is 0 Å². The maximum absolute atomic E-state index is 13.6. The molecule has 1 aromatic carbocycles. The fraction of sp³-hybridized carbons (Fsp3) is 0.385. The van der Waals surface area contributed by atoms with E-state index in [1.165, 1.54) is 12.1 Å². The second-order valence-corrected chi connectivity index (χ2v) is 4.42. The third kappa shape index (κ3) is 3.27. The summed E-state index contributed by atoms with van der Waals surface area (Å²) < 4.78 is 26.9. The van der Waals surface area contributed by atoms with Gasteiger partial charge >= 0.3 is 0 Å². The standard InChI is InChI=1S/C13H14F2N2O/c1-8(2)5-10(7-18)17-11-4-3-9(6-16)12(14)13(11)15/h3-4,7-8,10,17H,5H2,1-2H3/t10-/m1/s1. The molecule has 0 radical (unpaired) electrons. The first kappa shape index (κ1) is 14.1. The molecule has 1 rings (SSSR count). The average Bonchev–Trinajstić information content (AvgIpc) is 2.33. The summed E-state index contributed by atoms with van der Waals surface area (Å²) in [4.78, 5) is 10.8. The molecule has 0 aliphatic rings. The number of hydrogen-bond donors (Lipinski definition) is 1. The van der Waals surface area contributed by atoms with E-state index in [1.807, 2.05) is 13.8 Å². The third-order valence-electron chi connectivity index (χ3n) is 2.43. The van der Waals surface area contributed by atoms with Gasteiger partial charge < -0.3 is 10.1 Å². The Labute approximate surface area is 104 Å². The van der Waals surface area contributed by atoms with Gasteiger partial charge in [0.2, 0.25) is 0 Å². The van der Waals surface area contributed by atoms with Crippen LogP contribution in [0.3, 0.4) is 0 Å². The number of carbonyl (C=O) groups excluding carboxylic acids is 1. The summed E-state index contributed by atoms with van der Waals surface area (Å²) in [6.07, 6.45) is 1.18. The lowest BCUT2D eigenvalue weighted by Crippen LogP contribution is -2.23. The molecule has 0 saturated heterocycles. The Balaban J connectivity index is 2.94. The zero-order chi connectivity index (χ0) is 13.7. The summed E-state index contributed by atoms with van der Waals surface area (Å²) in [6.45, 7) is 3.85. The molecule has 0 aromatic heterocycles. The topological polar surface area (TPSA) is 52.9 Å². The molecule has 0 aliphatic carbocycles. The van der Waals surface area contributed by atoms with Gasteiger partial charge in [0.25, 0.3) is 0 Å². The van der Waals surface area contributed by atoms with E-state index >= 15 is 0 Å². The Hall–Kier alpha value is -1.96. The number of aldehydes is 1. The number of hydrogen-bond acceptors (Lipinski definition) is 3. The summed E-state index contributed by atoms with van der Waals surface area (Å²) in [5, 5.41) is 11.2. The molecule has 0 unspecified atom stereocenters. The summed E-state index contributed by atoms with van der Waals surface area (Å²) in [7, 11) is 0. The zero-order valence-corrected chi connectivity index (χ0v) is 10.2. The molecule has 3 nitrogen and oxygen atoms in total. The number of rotatable bonds is 5. The molecule has 0 saturated carbocycles. The van der Waals surface area contributed by atoms with E-state index in [9.17, 15) is 13.6 Å². The Kier molecular flexibility index (Phi) is 4.78. The molecule has 0 fully saturated rings. The Morgan fingerprint density at radius 3 is 2.56 bits per heavy atom. The van der Waals surface area contributed by atoms with E-state index in [-0.39, 0.29) is 17.2 Å². The van der Waals surface area contributed by atoms with Crippen LogP contribution in [0.15, 0.2) is 12.1 Å². The van der Waals surface area contributed by atoms with Gasteiger partial charge in [-0.25, -0.2) is 8.78 Å². The molecule has 0 heterocycles. The van der Waals surface area contributed by atoms with Crippen LogP contribution in [0.5, 0.6) is 0 Å². The minimum atomic E-state index is -1.20. The Morgan fingerprint density at radius 1 is 1.39 bits per heavy atom. The molecular formula is C13H14F2N2O. The number of nitrogens with one attached hydrogen (secondary N) is 1. The van der Waals surface area contributed by atoms with Crippen molar-refractivity contribution in [3.8, 4) is 6.07 Å². The molecule has 1 aromatic rings. The molecule has 18 heavy (non-hydrogen) atoms. The van der Waals surface area contributed by atoms with Crippen LogP contribution in [-0.4, -0.2) is 12.3 Å². The van der Waals surface area contributed by atoms with Crippen LogP contribution in [0.2, 0.25) is 0 Å². The first-order valence-electron chi connectivity index (χ1n) is 5.59. The van der Waals surface area contributed by atoms with Crippen LogP contribution in [-0.2, 0) is 4.79 Å². The minimum absolute atomic E-state index is 0.107. The molecule has 0 bridgehead atoms. The van der Waals surface area contributed by atoms with E-state index in [0.717, 1.165) is 0 Å². The van der Waals surface area contributed by atoms with Gasteiger partial charge in [0.15, 0.2) is 11.6 Å². The lowest BCUT2D eigenvalue weighted by atomic mass is 10.0. The molecule has 0 aliphatic heterocycles. The molecule has 96 valence electrons. The van der Waals surface area contributed by atoms with Crippen LogP contribution in [0.25, 0.3) is 0 Å². The fourth-order valence-electron chi connectivity index (χ4n) is 1.60. The highest BCUT2D eigenvalue weighted by Gasteiger charge is 2.16. The van der Waals surface area contributed by atoms with Crippen LogP contribution in [0.1, 0.15) is 25.8 Å². The van der Waals surface area contributed by atoms with E-state index in [4.69, 9.17) is 5.26 Å². The van der Waals surface area contributed by atoms with E-state index in [2.05, 4.69) is 5.32 Å². The van der Waals surface area contributed by atoms with Crippen molar-refractivity contribution in [1.29, 1.82) is 5.26 Å². The highest BCUT2D eigenvalue weighted by atomic mass is 19.2. The van der Waals surface area contributed by atoms with Crippen molar-refractivity contribution < 1.29 is 13.6 Å². The van der Waals surface area contributed by atoms with Crippen molar-refractivity contribution in [2.45, 2.75) is 26.3 Å². The third-order valence-corrected chi connectivity index (χ3v) is 2.43. The van der Waals surface area contributed by atoms with Crippen molar-refractivity contribution in [2.24, 2.45) is 5.92 Å². The Bertz CT molecular complexity index is 481. The monoisotopic (exact) mass is 252 g/mol. The maximum atomic E-state index is 13.6. The van der Waals surface area contributed by atoms with Gasteiger partial charge in [0, 0.05) is 0 Å². The van der Waals surface area contributed by atoms with Crippen molar-refractivity contribution in [3.63, 3.8) is 0 Å². The normalized spacial score (nSPS) is 12.0. The van der Waals surface area contributed by atoms with Gasteiger partial charge in [0.05, 0.1) is 17.3 Å². The lowest BCUT2D eigenvalue weighted by molar-refractivity contribution is -0.108. The smallest absolute Gasteiger partial charge is 0.183 e. The van der Waals surface area contributed by atoms with Gasteiger partial charge in [0.1, 0.15) is 12.4 Å². The van der Waals surface area contributed by atoms with Crippen LogP contribution in [0, 0.1) is 28.9 Å². The highest BCUT2D eigenvalue weighted by Crippen LogP contribution is 2.21. The molecular weight excluding hydrogens is 238 g/mol. The van der Waals surface area contributed by atoms with Gasteiger partial charge in [-0.05, 0) is 24.5 Å². The molecule has 1 N–H and O–H groups in total. The van der Waals surface area contributed by atoms with E-state index < -0.39 is 17.7 Å². The van der Waals surface area contributed by atoms with Crippen LogP contribution in [0.4, 0.5) is 14.5 Å². The molecule has 5 heteroatoms. The van der Waals surface area contributed by atoms with Crippen molar-refractivity contribution in [3.05, 3.63) is 29.3 Å². The van der Waals surface area contributed by atoms with Gasteiger partial charge in [-0.1, -0.05) is 13.8 Å². The number of benzene rings is 1. The second kappa shape index (κ2) is 6.10. The lowest BCUT2D eigenvalue weighted by Gasteiger charge is -2.16.